The summed E-state index contributed by atoms with van der Waals surface area (Å²) in [6.45, 7) is 2.44. The van der Waals surface area contributed by atoms with E-state index in [-0.39, 0.29) is 5.78 Å². The van der Waals surface area contributed by atoms with Gasteiger partial charge in [0.15, 0.2) is 5.78 Å². The van der Waals surface area contributed by atoms with E-state index in [1.807, 2.05) is 6.92 Å². The first-order valence-corrected chi connectivity index (χ1v) is 4.42. The van der Waals surface area contributed by atoms with Gasteiger partial charge in [-0.2, -0.15) is 0 Å². The molecule has 1 unspecified atom stereocenters. The highest BCUT2D eigenvalue weighted by atomic mass is 16.5. The van der Waals surface area contributed by atoms with Gasteiger partial charge in [-0.25, -0.2) is 0 Å². The van der Waals surface area contributed by atoms with Crippen LogP contribution in [0.3, 0.4) is 0 Å². The Balaban J connectivity index is 3.47. The van der Waals surface area contributed by atoms with Gasteiger partial charge < -0.3 is 9.84 Å². The second-order valence-electron chi connectivity index (χ2n) is 2.87. The molecule has 0 aromatic rings. The van der Waals surface area contributed by atoms with Crippen LogP contribution in [0.2, 0.25) is 0 Å². The number of unbranched alkanes of at least 4 members (excludes halogenated alkanes) is 1. The van der Waals surface area contributed by atoms with Gasteiger partial charge in [0.1, 0.15) is 6.10 Å². The third-order valence-corrected chi connectivity index (χ3v) is 1.76. The minimum atomic E-state index is -0.778. The van der Waals surface area contributed by atoms with Gasteiger partial charge in [0.25, 0.3) is 0 Å². The maximum atomic E-state index is 11.1. The molecule has 3 nitrogen and oxygen atoms in total. The number of rotatable bonds is 7. The number of methoxy groups -OCH3 is 1. The molecule has 0 rings (SSSR count). The van der Waals surface area contributed by atoms with Crippen LogP contribution in [-0.2, 0) is 9.53 Å². The highest BCUT2D eigenvalue weighted by Crippen LogP contribution is 2.03. The molecule has 0 aliphatic rings. The Kier molecular flexibility index (Phi) is 7.00. The van der Waals surface area contributed by atoms with Gasteiger partial charge in [-0.3, -0.25) is 4.79 Å². The summed E-state index contributed by atoms with van der Waals surface area (Å²) >= 11 is 0. The van der Waals surface area contributed by atoms with E-state index in [1.54, 1.807) is 7.11 Å². The van der Waals surface area contributed by atoms with Crippen molar-refractivity contribution in [3.8, 4) is 0 Å². The zero-order valence-corrected chi connectivity index (χ0v) is 7.88. The maximum Gasteiger partial charge on any atom is 0.163 e. The average Bonchev–Trinajstić information content (AvgIpc) is 2.10. The van der Waals surface area contributed by atoms with Crippen molar-refractivity contribution in [3.63, 3.8) is 0 Å². The number of hydrogen-bond donors (Lipinski definition) is 1. The lowest BCUT2D eigenvalue weighted by Crippen LogP contribution is -2.21. The summed E-state index contributed by atoms with van der Waals surface area (Å²) < 4.78 is 4.74. The summed E-state index contributed by atoms with van der Waals surface area (Å²) in [6, 6.07) is 0. The summed E-state index contributed by atoms with van der Waals surface area (Å²) in [7, 11) is 1.55. The van der Waals surface area contributed by atoms with Crippen LogP contribution in [-0.4, -0.2) is 30.7 Å². The van der Waals surface area contributed by atoms with Crippen molar-refractivity contribution in [3.05, 3.63) is 0 Å². The standard InChI is InChI=1S/C9H18O3/c1-3-4-5-8(10)9(11)6-7-12-2/h8,10H,3-7H2,1-2H3. The molecular formula is C9H18O3. The minimum absolute atomic E-state index is 0.106. The topological polar surface area (TPSA) is 46.5 Å². The second-order valence-corrected chi connectivity index (χ2v) is 2.87. The first-order valence-electron chi connectivity index (χ1n) is 4.42. The van der Waals surface area contributed by atoms with Crippen LogP contribution >= 0.6 is 0 Å². The van der Waals surface area contributed by atoms with Gasteiger partial charge in [-0.1, -0.05) is 19.8 Å². The number of ketones is 1. The van der Waals surface area contributed by atoms with Crippen LogP contribution in [0.25, 0.3) is 0 Å². The van der Waals surface area contributed by atoms with Crippen LogP contribution in [0.1, 0.15) is 32.6 Å². The zero-order chi connectivity index (χ0) is 9.40. The van der Waals surface area contributed by atoms with E-state index in [9.17, 15) is 9.90 Å². The number of ether oxygens (including phenoxy) is 1. The van der Waals surface area contributed by atoms with E-state index in [1.165, 1.54) is 0 Å². The van der Waals surface area contributed by atoms with Gasteiger partial charge >= 0.3 is 0 Å². The molecule has 0 aliphatic carbocycles. The summed E-state index contributed by atoms with van der Waals surface area (Å²) in [5, 5.41) is 9.27. The van der Waals surface area contributed by atoms with E-state index in [0.29, 0.717) is 19.4 Å². The average molecular weight is 174 g/mol. The Morgan fingerprint density at radius 3 is 2.75 bits per heavy atom. The molecule has 0 saturated heterocycles. The van der Waals surface area contributed by atoms with Crippen LogP contribution < -0.4 is 0 Å². The number of hydrogen-bond acceptors (Lipinski definition) is 3. The predicted molar refractivity (Wildman–Crippen MR) is 47.0 cm³/mol. The Bertz CT molecular complexity index is 123. The molecule has 0 heterocycles. The Labute approximate surface area is 73.7 Å². The van der Waals surface area contributed by atoms with E-state index < -0.39 is 6.10 Å². The monoisotopic (exact) mass is 174 g/mol. The number of carbonyl (C=O) groups is 1. The summed E-state index contributed by atoms with van der Waals surface area (Å²) in [5.41, 5.74) is 0. The number of aliphatic hydroxyl groups excluding tert-OH is 1. The fourth-order valence-corrected chi connectivity index (χ4v) is 0.928. The summed E-state index contributed by atoms with van der Waals surface area (Å²) in [4.78, 5) is 11.1. The number of carbonyl (C=O) groups excluding carboxylic acids is 1. The van der Waals surface area contributed by atoms with Gasteiger partial charge in [-0.15, -0.1) is 0 Å². The lowest BCUT2D eigenvalue weighted by molar-refractivity contribution is -0.128. The lowest BCUT2D eigenvalue weighted by atomic mass is 10.1. The second kappa shape index (κ2) is 7.25. The molecule has 3 heteroatoms. The number of aliphatic hydroxyl groups is 1. The molecule has 0 aromatic heterocycles. The fraction of sp³-hybridized carbons (Fsp3) is 0.889. The SMILES string of the molecule is CCCCC(O)C(=O)CCOC. The van der Waals surface area contributed by atoms with Crippen molar-refractivity contribution in [2.24, 2.45) is 0 Å². The largest absolute Gasteiger partial charge is 0.385 e. The van der Waals surface area contributed by atoms with Gasteiger partial charge in [0, 0.05) is 13.5 Å². The highest BCUT2D eigenvalue weighted by molar-refractivity contribution is 5.82. The van der Waals surface area contributed by atoms with Crippen LogP contribution in [0.5, 0.6) is 0 Å². The molecule has 1 N–H and O–H groups in total. The molecule has 12 heavy (non-hydrogen) atoms. The van der Waals surface area contributed by atoms with Gasteiger partial charge in [-0.05, 0) is 6.42 Å². The number of Topliss-reactive ketones (excluding diaryl/α,β-unsaturated/α-hetero) is 1. The molecule has 0 aromatic carbocycles. The van der Waals surface area contributed by atoms with E-state index in [0.717, 1.165) is 12.8 Å². The van der Waals surface area contributed by atoms with Gasteiger partial charge in [0.2, 0.25) is 0 Å². The van der Waals surface area contributed by atoms with E-state index >= 15 is 0 Å². The van der Waals surface area contributed by atoms with E-state index in [2.05, 4.69) is 0 Å². The zero-order valence-electron chi connectivity index (χ0n) is 7.88. The lowest BCUT2D eigenvalue weighted by Gasteiger charge is -2.07. The first-order chi connectivity index (χ1) is 5.72. The molecule has 0 amide bonds. The van der Waals surface area contributed by atoms with Crippen molar-refractivity contribution in [1.82, 2.24) is 0 Å². The Morgan fingerprint density at radius 1 is 1.58 bits per heavy atom. The third-order valence-electron chi connectivity index (χ3n) is 1.76. The quantitative estimate of drug-likeness (QED) is 0.629. The summed E-state index contributed by atoms with van der Waals surface area (Å²) in [6.07, 6.45) is 2.04. The Morgan fingerprint density at radius 2 is 2.25 bits per heavy atom. The molecule has 0 radical (unpaired) electrons. The van der Waals surface area contributed by atoms with Crippen molar-refractivity contribution >= 4 is 5.78 Å². The smallest absolute Gasteiger partial charge is 0.163 e. The van der Waals surface area contributed by atoms with Crippen molar-refractivity contribution in [2.45, 2.75) is 38.7 Å². The van der Waals surface area contributed by atoms with Crippen LogP contribution in [0, 0.1) is 0 Å². The molecule has 1 atom stereocenters. The van der Waals surface area contributed by atoms with Crippen LogP contribution in [0.4, 0.5) is 0 Å². The first kappa shape index (κ1) is 11.6. The molecule has 72 valence electrons. The molecule has 0 aliphatic heterocycles. The summed E-state index contributed by atoms with van der Waals surface area (Å²) in [5.74, 6) is -0.106. The van der Waals surface area contributed by atoms with Crippen molar-refractivity contribution in [2.75, 3.05) is 13.7 Å². The van der Waals surface area contributed by atoms with Gasteiger partial charge in [0.05, 0.1) is 6.61 Å². The highest BCUT2D eigenvalue weighted by Gasteiger charge is 2.12. The Hall–Kier alpha value is -0.410. The molecule has 0 fully saturated rings. The van der Waals surface area contributed by atoms with E-state index in [4.69, 9.17) is 4.74 Å². The predicted octanol–water partition coefficient (Wildman–Crippen LogP) is 1.14. The molecular weight excluding hydrogens is 156 g/mol. The maximum absolute atomic E-state index is 11.1. The molecule has 0 saturated carbocycles. The molecule has 0 bridgehead atoms. The van der Waals surface area contributed by atoms with Crippen molar-refractivity contribution < 1.29 is 14.6 Å². The minimum Gasteiger partial charge on any atom is -0.385 e. The third kappa shape index (κ3) is 5.27. The van der Waals surface area contributed by atoms with Crippen LogP contribution in [0.15, 0.2) is 0 Å². The fourth-order valence-electron chi connectivity index (χ4n) is 0.928. The normalized spacial score (nSPS) is 12.9. The van der Waals surface area contributed by atoms with Crippen molar-refractivity contribution in [1.29, 1.82) is 0 Å². The molecule has 0 spiro atoms.